The maximum absolute atomic E-state index is 13.3. The monoisotopic (exact) mass is 301 g/mol. The van der Waals surface area contributed by atoms with E-state index >= 15 is 0 Å². The third-order valence-corrected chi connectivity index (χ3v) is 2.93. The van der Waals surface area contributed by atoms with Crippen LogP contribution in [0.25, 0.3) is 0 Å². The molecular formula is C15H12F5N. The highest BCUT2D eigenvalue weighted by Crippen LogP contribution is 2.29. The van der Waals surface area contributed by atoms with Crippen LogP contribution < -0.4 is 5.32 Å². The Morgan fingerprint density at radius 3 is 2.14 bits per heavy atom. The van der Waals surface area contributed by atoms with Gasteiger partial charge in [-0.3, -0.25) is 0 Å². The van der Waals surface area contributed by atoms with E-state index in [-0.39, 0.29) is 18.7 Å². The van der Waals surface area contributed by atoms with Crippen LogP contribution >= 0.6 is 0 Å². The summed E-state index contributed by atoms with van der Waals surface area (Å²) in [5.74, 6) is -1.07. The van der Waals surface area contributed by atoms with E-state index < -0.39 is 23.4 Å². The van der Waals surface area contributed by atoms with Gasteiger partial charge in [0.05, 0.1) is 5.56 Å². The number of alkyl halides is 3. The van der Waals surface area contributed by atoms with Gasteiger partial charge in [-0.1, -0.05) is 12.1 Å². The van der Waals surface area contributed by atoms with Crippen molar-refractivity contribution in [1.82, 2.24) is 5.32 Å². The molecule has 1 N–H and O–H groups in total. The highest BCUT2D eigenvalue weighted by molar-refractivity contribution is 5.25. The van der Waals surface area contributed by atoms with Crippen molar-refractivity contribution < 1.29 is 22.0 Å². The highest BCUT2D eigenvalue weighted by Gasteiger charge is 2.29. The van der Waals surface area contributed by atoms with Crippen LogP contribution in [0.15, 0.2) is 42.5 Å². The normalized spacial score (nSPS) is 11.7. The van der Waals surface area contributed by atoms with Crippen LogP contribution in [-0.2, 0) is 19.3 Å². The van der Waals surface area contributed by atoms with Crippen LogP contribution in [0.4, 0.5) is 22.0 Å². The molecule has 0 aromatic heterocycles. The van der Waals surface area contributed by atoms with E-state index in [1.807, 2.05) is 0 Å². The van der Waals surface area contributed by atoms with E-state index in [1.165, 1.54) is 12.1 Å². The summed E-state index contributed by atoms with van der Waals surface area (Å²) >= 11 is 0. The number of nitrogens with one attached hydrogen (secondary N) is 1. The second-order valence-electron chi connectivity index (χ2n) is 4.53. The summed E-state index contributed by atoms with van der Waals surface area (Å²) in [5.41, 5.74) is 0.0733. The summed E-state index contributed by atoms with van der Waals surface area (Å²) in [5, 5.41) is 2.86. The molecule has 0 atom stereocenters. The van der Waals surface area contributed by atoms with Gasteiger partial charge in [0, 0.05) is 18.7 Å². The van der Waals surface area contributed by atoms with Gasteiger partial charge in [-0.2, -0.15) is 13.2 Å². The zero-order chi connectivity index (χ0) is 15.5. The van der Waals surface area contributed by atoms with Crippen LogP contribution in [-0.4, -0.2) is 0 Å². The van der Waals surface area contributed by atoms with Gasteiger partial charge in [0.15, 0.2) is 0 Å². The average molecular weight is 301 g/mol. The molecule has 0 fully saturated rings. The van der Waals surface area contributed by atoms with E-state index in [1.54, 1.807) is 0 Å². The first-order valence-electron chi connectivity index (χ1n) is 6.17. The first kappa shape index (κ1) is 15.4. The van der Waals surface area contributed by atoms with Crippen molar-refractivity contribution in [2.45, 2.75) is 19.3 Å². The summed E-state index contributed by atoms with van der Waals surface area (Å²) in [6.45, 7) is 0.346. The van der Waals surface area contributed by atoms with Gasteiger partial charge in [0.1, 0.15) is 11.6 Å². The van der Waals surface area contributed by atoms with E-state index in [9.17, 15) is 22.0 Å². The van der Waals surface area contributed by atoms with Gasteiger partial charge in [-0.15, -0.1) is 0 Å². The molecule has 2 aromatic rings. The predicted molar refractivity (Wildman–Crippen MR) is 68.3 cm³/mol. The molecular weight excluding hydrogens is 289 g/mol. The summed E-state index contributed by atoms with van der Waals surface area (Å²) in [6.07, 6.45) is -4.36. The van der Waals surface area contributed by atoms with Crippen LogP contribution in [0.1, 0.15) is 16.7 Å². The van der Waals surface area contributed by atoms with Gasteiger partial charge in [0.25, 0.3) is 0 Å². The average Bonchev–Trinajstić information content (AvgIpc) is 2.42. The van der Waals surface area contributed by atoms with Crippen molar-refractivity contribution in [2.24, 2.45) is 0 Å². The van der Waals surface area contributed by atoms with E-state index in [0.29, 0.717) is 5.56 Å². The van der Waals surface area contributed by atoms with Crippen molar-refractivity contribution in [2.75, 3.05) is 0 Å². The molecule has 2 rings (SSSR count). The van der Waals surface area contributed by atoms with Gasteiger partial charge in [0.2, 0.25) is 0 Å². The summed E-state index contributed by atoms with van der Waals surface area (Å²) < 4.78 is 63.4. The summed E-state index contributed by atoms with van der Waals surface area (Å²) in [6, 6.07) is 7.79. The SMILES string of the molecule is Fc1ccc(F)c(CNCc2ccc(C(F)(F)F)cc2)c1. The molecule has 6 heteroatoms. The lowest BCUT2D eigenvalue weighted by Gasteiger charge is -2.09. The Morgan fingerprint density at radius 2 is 1.52 bits per heavy atom. The van der Waals surface area contributed by atoms with E-state index in [0.717, 1.165) is 30.3 Å². The van der Waals surface area contributed by atoms with E-state index in [4.69, 9.17) is 0 Å². The Morgan fingerprint density at radius 1 is 0.857 bits per heavy atom. The molecule has 0 heterocycles. The molecule has 0 radical (unpaired) electrons. The Balaban J connectivity index is 1.93. The van der Waals surface area contributed by atoms with Crippen molar-refractivity contribution in [3.63, 3.8) is 0 Å². The number of benzene rings is 2. The maximum Gasteiger partial charge on any atom is 0.416 e. The Labute approximate surface area is 118 Å². The molecule has 0 spiro atoms. The molecule has 1 nitrogen and oxygen atoms in total. The molecule has 0 aliphatic carbocycles. The zero-order valence-corrected chi connectivity index (χ0v) is 10.8. The van der Waals surface area contributed by atoms with Crippen LogP contribution in [0.3, 0.4) is 0 Å². The zero-order valence-electron chi connectivity index (χ0n) is 10.8. The minimum atomic E-state index is -4.36. The van der Waals surface area contributed by atoms with Gasteiger partial charge >= 0.3 is 6.18 Å². The molecule has 0 amide bonds. The standard InChI is InChI=1S/C15H12F5N/c16-13-5-6-14(17)11(7-13)9-21-8-10-1-3-12(4-2-10)15(18,19)20/h1-7,21H,8-9H2. The molecule has 2 aromatic carbocycles. The summed E-state index contributed by atoms with van der Waals surface area (Å²) in [7, 11) is 0. The maximum atomic E-state index is 13.3. The fourth-order valence-corrected chi connectivity index (χ4v) is 1.83. The fourth-order valence-electron chi connectivity index (χ4n) is 1.83. The highest BCUT2D eigenvalue weighted by atomic mass is 19.4. The molecule has 0 aliphatic rings. The predicted octanol–water partition coefficient (Wildman–Crippen LogP) is 4.27. The van der Waals surface area contributed by atoms with E-state index in [2.05, 4.69) is 5.32 Å². The Kier molecular flexibility index (Phi) is 4.57. The van der Waals surface area contributed by atoms with Gasteiger partial charge < -0.3 is 5.32 Å². The Hall–Kier alpha value is -1.95. The quantitative estimate of drug-likeness (QED) is 0.831. The number of hydrogen-bond donors (Lipinski definition) is 1. The van der Waals surface area contributed by atoms with Crippen molar-refractivity contribution in [3.8, 4) is 0 Å². The number of halogens is 5. The molecule has 21 heavy (non-hydrogen) atoms. The largest absolute Gasteiger partial charge is 0.416 e. The van der Waals surface area contributed by atoms with Crippen LogP contribution in [0.5, 0.6) is 0 Å². The molecule has 0 bridgehead atoms. The lowest BCUT2D eigenvalue weighted by atomic mass is 10.1. The smallest absolute Gasteiger partial charge is 0.309 e. The molecule has 112 valence electrons. The lowest BCUT2D eigenvalue weighted by Crippen LogP contribution is -2.14. The lowest BCUT2D eigenvalue weighted by molar-refractivity contribution is -0.137. The first-order valence-corrected chi connectivity index (χ1v) is 6.17. The van der Waals surface area contributed by atoms with Gasteiger partial charge in [-0.25, -0.2) is 8.78 Å². The molecule has 0 unspecified atom stereocenters. The van der Waals surface area contributed by atoms with Crippen LogP contribution in [0.2, 0.25) is 0 Å². The van der Waals surface area contributed by atoms with Crippen molar-refractivity contribution >= 4 is 0 Å². The number of rotatable bonds is 4. The van der Waals surface area contributed by atoms with Gasteiger partial charge in [-0.05, 0) is 35.9 Å². The van der Waals surface area contributed by atoms with Crippen LogP contribution in [0, 0.1) is 11.6 Å². The Bertz CT molecular complexity index is 604. The second-order valence-corrected chi connectivity index (χ2v) is 4.53. The number of hydrogen-bond acceptors (Lipinski definition) is 1. The van der Waals surface area contributed by atoms with Crippen molar-refractivity contribution in [1.29, 1.82) is 0 Å². The fraction of sp³-hybridized carbons (Fsp3) is 0.200. The second kappa shape index (κ2) is 6.22. The minimum absolute atomic E-state index is 0.0879. The summed E-state index contributed by atoms with van der Waals surface area (Å²) in [4.78, 5) is 0. The topological polar surface area (TPSA) is 12.0 Å². The first-order chi connectivity index (χ1) is 9.86. The molecule has 0 saturated heterocycles. The third-order valence-electron chi connectivity index (χ3n) is 2.93. The van der Waals surface area contributed by atoms with Crippen molar-refractivity contribution in [3.05, 3.63) is 70.8 Å². The third kappa shape index (κ3) is 4.26. The molecule has 0 aliphatic heterocycles. The molecule has 0 saturated carbocycles. The minimum Gasteiger partial charge on any atom is -0.309 e.